The van der Waals surface area contributed by atoms with Crippen molar-refractivity contribution in [3.8, 4) is 0 Å². The standard InChI is InChI=1S/C29H46N2O2/c1-27(2,33)12-9-20(18-31-16-15-30-19-31)24-7-8-25-23-6-5-21-17-22(32)10-13-28(21,3)26(23)11-14-29(24,25)4/h5,15-16,19-20,22-26,32-33H,6-14,17-18H2,1-4H3/t20?,22-,23?,24+,25?,26?,28-,29+/m0/s1. The smallest absolute Gasteiger partial charge is 0.0945 e. The van der Waals surface area contributed by atoms with Gasteiger partial charge in [-0.2, -0.15) is 0 Å². The van der Waals surface area contributed by atoms with Gasteiger partial charge in [-0.15, -0.1) is 0 Å². The molecule has 0 aromatic carbocycles. The van der Waals surface area contributed by atoms with Gasteiger partial charge in [0.25, 0.3) is 0 Å². The van der Waals surface area contributed by atoms with Gasteiger partial charge in [-0.25, -0.2) is 4.98 Å². The third-order valence-electron chi connectivity index (χ3n) is 10.9. The van der Waals surface area contributed by atoms with Crippen LogP contribution in [0.4, 0.5) is 0 Å². The molecule has 3 saturated carbocycles. The van der Waals surface area contributed by atoms with E-state index in [1.807, 2.05) is 26.4 Å². The number of aliphatic hydroxyl groups excluding tert-OH is 1. The van der Waals surface area contributed by atoms with Crippen molar-refractivity contribution in [1.29, 1.82) is 0 Å². The van der Waals surface area contributed by atoms with E-state index in [1.165, 1.54) is 38.5 Å². The van der Waals surface area contributed by atoms with E-state index in [1.54, 1.807) is 5.57 Å². The number of rotatable bonds is 6. The summed E-state index contributed by atoms with van der Waals surface area (Å²) in [5, 5.41) is 20.8. The second-order valence-corrected chi connectivity index (χ2v) is 13.3. The van der Waals surface area contributed by atoms with Gasteiger partial charge in [-0.05, 0) is 118 Å². The van der Waals surface area contributed by atoms with Crippen LogP contribution in [0.1, 0.15) is 91.9 Å². The molecule has 1 aromatic heterocycles. The second-order valence-electron chi connectivity index (χ2n) is 13.3. The Balaban J connectivity index is 1.39. The number of hydrogen-bond acceptors (Lipinski definition) is 3. The number of nitrogens with zero attached hydrogens (tertiary/aromatic N) is 2. The minimum absolute atomic E-state index is 0.120. The lowest BCUT2D eigenvalue weighted by molar-refractivity contribution is -0.0611. The zero-order valence-corrected chi connectivity index (χ0v) is 21.3. The number of aliphatic hydroxyl groups is 2. The molecule has 0 amide bonds. The summed E-state index contributed by atoms with van der Waals surface area (Å²) in [6, 6.07) is 0. The van der Waals surface area contributed by atoms with E-state index in [2.05, 4.69) is 35.7 Å². The van der Waals surface area contributed by atoms with Gasteiger partial charge in [-0.3, -0.25) is 0 Å². The fourth-order valence-corrected chi connectivity index (χ4v) is 9.08. The Morgan fingerprint density at radius 2 is 1.97 bits per heavy atom. The van der Waals surface area contributed by atoms with E-state index < -0.39 is 5.60 Å². The van der Waals surface area contributed by atoms with Crippen molar-refractivity contribution in [3.05, 3.63) is 30.4 Å². The Morgan fingerprint density at radius 3 is 2.70 bits per heavy atom. The van der Waals surface area contributed by atoms with Crippen molar-refractivity contribution >= 4 is 0 Å². The first-order valence-electron chi connectivity index (χ1n) is 13.7. The van der Waals surface area contributed by atoms with Gasteiger partial charge in [0.1, 0.15) is 0 Å². The van der Waals surface area contributed by atoms with E-state index in [4.69, 9.17) is 0 Å². The third-order valence-corrected chi connectivity index (χ3v) is 10.9. The SMILES string of the molecule is CC(C)(O)CCC(Cn1ccnc1)[C@H]1CCC2C3CC=C4C[C@@H](O)CC[C@]4(C)C3CC[C@@]21C. The first-order chi connectivity index (χ1) is 15.6. The minimum Gasteiger partial charge on any atom is -0.393 e. The predicted octanol–water partition coefficient (Wildman–Crippen LogP) is 5.99. The van der Waals surface area contributed by atoms with E-state index in [9.17, 15) is 10.2 Å². The number of allylic oxidation sites excluding steroid dienone is 1. The second kappa shape index (κ2) is 8.52. The van der Waals surface area contributed by atoms with Crippen molar-refractivity contribution in [3.63, 3.8) is 0 Å². The van der Waals surface area contributed by atoms with Crippen LogP contribution in [0.15, 0.2) is 30.4 Å². The van der Waals surface area contributed by atoms with E-state index in [-0.39, 0.29) is 6.10 Å². The fourth-order valence-electron chi connectivity index (χ4n) is 9.08. The molecule has 4 aliphatic carbocycles. The fraction of sp³-hybridized carbons (Fsp3) is 0.828. The molecule has 1 aromatic rings. The molecule has 1 heterocycles. The monoisotopic (exact) mass is 454 g/mol. The topological polar surface area (TPSA) is 58.3 Å². The molecule has 0 spiro atoms. The molecule has 33 heavy (non-hydrogen) atoms. The zero-order chi connectivity index (χ0) is 23.4. The lowest BCUT2D eigenvalue weighted by atomic mass is 9.47. The molecule has 4 aliphatic rings. The molecule has 4 nitrogen and oxygen atoms in total. The Morgan fingerprint density at radius 1 is 1.15 bits per heavy atom. The Labute approximate surface area is 200 Å². The average molecular weight is 455 g/mol. The maximum Gasteiger partial charge on any atom is 0.0945 e. The van der Waals surface area contributed by atoms with E-state index in [0.717, 1.165) is 55.9 Å². The van der Waals surface area contributed by atoms with Crippen molar-refractivity contribution < 1.29 is 10.2 Å². The van der Waals surface area contributed by atoms with Crippen molar-refractivity contribution in [2.24, 2.45) is 40.4 Å². The largest absolute Gasteiger partial charge is 0.393 e. The number of fused-ring (bicyclic) bond motifs is 5. The molecule has 3 fully saturated rings. The Kier molecular flexibility index (Phi) is 6.09. The first kappa shape index (κ1) is 23.6. The van der Waals surface area contributed by atoms with Crippen molar-refractivity contribution in [1.82, 2.24) is 9.55 Å². The molecule has 0 bridgehead atoms. The van der Waals surface area contributed by atoms with Crippen LogP contribution in [-0.2, 0) is 6.54 Å². The predicted molar refractivity (Wildman–Crippen MR) is 132 cm³/mol. The quantitative estimate of drug-likeness (QED) is 0.519. The summed E-state index contributed by atoms with van der Waals surface area (Å²) in [6.45, 7) is 10.1. The number of hydrogen-bond donors (Lipinski definition) is 2. The van der Waals surface area contributed by atoms with Gasteiger partial charge in [0, 0.05) is 18.9 Å². The highest BCUT2D eigenvalue weighted by molar-refractivity contribution is 5.25. The van der Waals surface area contributed by atoms with Gasteiger partial charge in [0.2, 0.25) is 0 Å². The number of imidazole rings is 1. The van der Waals surface area contributed by atoms with Crippen LogP contribution >= 0.6 is 0 Å². The molecule has 0 saturated heterocycles. The third kappa shape index (κ3) is 4.24. The van der Waals surface area contributed by atoms with Crippen molar-refractivity contribution in [2.75, 3.05) is 0 Å². The Bertz CT molecular complexity index is 855. The van der Waals surface area contributed by atoms with E-state index in [0.29, 0.717) is 16.7 Å². The molecular weight excluding hydrogens is 408 g/mol. The van der Waals surface area contributed by atoms with Gasteiger partial charge in [0.05, 0.1) is 18.0 Å². The van der Waals surface area contributed by atoms with E-state index >= 15 is 0 Å². The van der Waals surface area contributed by atoms with Crippen LogP contribution in [0.25, 0.3) is 0 Å². The maximum absolute atomic E-state index is 10.5. The molecule has 0 radical (unpaired) electrons. The average Bonchev–Trinajstić information content (AvgIpc) is 3.38. The lowest BCUT2D eigenvalue weighted by Crippen LogP contribution is -2.51. The molecule has 4 unspecified atom stereocenters. The number of aromatic nitrogens is 2. The molecule has 0 aliphatic heterocycles. The summed E-state index contributed by atoms with van der Waals surface area (Å²) >= 11 is 0. The van der Waals surface area contributed by atoms with Crippen LogP contribution in [0.2, 0.25) is 0 Å². The van der Waals surface area contributed by atoms with Crippen LogP contribution < -0.4 is 0 Å². The summed E-state index contributed by atoms with van der Waals surface area (Å²) in [5.74, 6) is 3.73. The van der Waals surface area contributed by atoms with Crippen LogP contribution in [0.3, 0.4) is 0 Å². The minimum atomic E-state index is -0.603. The maximum atomic E-state index is 10.5. The Hall–Kier alpha value is -1.13. The molecular formula is C29H46N2O2. The highest BCUT2D eigenvalue weighted by Crippen LogP contribution is 2.67. The van der Waals surface area contributed by atoms with Crippen LogP contribution in [-0.4, -0.2) is 31.5 Å². The first-order valence-corrected chi connectivity index (χ1v) is 13.7. The normalized spacial score (nSPS) is 41.6. The summed E-state index contributed by atoms with van der Waals surface area (Å²) in [7, 11) is 0. The summed E-state index contributed by atoms with van der Waals surface area (Å²) < 4.78 is 2.27. The highest BCUT2D eigenvalue weighted by atomic mass is 16.3. The summed E-state index contributed by atoms with van der Waals surface area (Å²) in [4.78, 5) is 4.30. The zero-order valence-electron chi connectivity index (χ0n) is 21.3. The van der Waals surface area contributed by atoms with Crippen LogP contribution in [0, 0.1) is 40.4 Å². The molecule has 184 valence electrons. The summed E-state index contributed by atoms with van der Waals surface area (Å²) in [6.07, 6.45) is 20.0. The van der Waals surface area contributed by atoms with Gasteiger partial charge >= 0.3 is 0 Å². The highest BCUT2D eigenvalue weighted by Gasteiger charge is 2.59. The van der Waals surface area contributed by atoms with Gasteiger partial charge in [-0.1, -0.05) is 25.5 Å². The molecule has 4 heteroatoms. The molecule has 8 atom stereocenters. The molecule has 5 rings (SSSR count). The lowest BCUT2D eigenvalue weighted by Gasteiger charge is -2.58. The van der Waals surface area contributed by atoms with Crippen LogP contribution in [0.5, 0.6) is 0 Å². The van der Waals surface area contributed by atoms with Gasteiger partial charge in [0.15, 0.2) is 0 Å². The van der Waals surface area contributed by atoms with Crippen molar-refractivity contribution in [2.45, 2.75) is 110 Å². The summed E-state index contributed by atoms with van der Waals surface area (Å²) in [5.41, 5.74) is 1.69. The molecule has 2 N–H and O–H groups in total. The van der Waals surface area contributed by atoms with Gasteiger partial charge < -0.3 is 14.8 Å².